The summed E-state index contributed by atoms with van der Waals surface area (Å²) in [5.74, 6) is -5.72. The van der Waals surface area contributed by atoms with Gasteiger partial charge in [-0.15, -0.1) is 12.6 Å². The van der Waals surface area contributed by atoms with Crippen molar-refractivity contribution in [1.82, 2.24) is 4.90 Å². The van der Waals surface area contributed by atoms with Crippen LogP contribution in [0.1, 0.15) is 15.9 Å². The second-order valence-corrected chi connectivity index (χ2v) is 11.6. The number of carbonyl (C=O) groups excluding carboxylic acids is 3. The zero-order valence-corrected chi connectivity index (χ0v) is 22.7. The summed E-state index contributed by atoms with van der Waals surface area (Å²) in [6, 6.07) is 4.04. The number of sulfone groups is 1. The van der Waals surface area contributed by atoms with Gasteiger partial charge in [0.1, 0.15) is 0 Å². The lowest BCUT2D eigenvalue weighted by molar-refractivity contribution is -0.348. The van der Waals surface area contributed by atoms with Crippen molar-refractivity contribution in [1.29, 1.82) is 0 Å². The molecule has 20 heteroatoms. The van der Waals surface area contributed by atoms with Crippen LogP contribution < -0.4 is 15.4 Å². The molecule has 0 aromatic heterocycles. The summed E-state index contributed by atoms with van der Waals surface area (Å²) in [7, 11) is -3.36. The van der Waals surface area contributed by atoms with Gasteiger partial charge >= 0.3 is 36.4 Å². The first-order valence-corrected chi connectivity index (χ1v) is 13.8. The number of anilines is 2. The summed E-state index contributed by atoms with van der Waals surface area (Å²) in [4.78, 5) is 37.5. The Kier molecular flexibility index (Phi) is 9.54. The van der Waals surface area contributed by atoms with Crippen LogP contribution in [0, 0.1) is 0 Å². The standard InChI is InChI=1S/C23H18F9N3O6S2/c24-20(25)41-14-9-12(21(26,22(27,28)29)23(30,31)32)10-15(42)16(14)34-17(36)11-2-1-3-13(8-11)33-18(37)19(38)35-4-6-43(39,40)7-5-35/h1-3,8-10,20,42H,4-7H2,(H,33,37)(H,34,36). The lowest BCUT2D eigenvalue weighted by Gasteiger charge is -2.31. The molecule has 0 bridgehead atoms. The molecule has 0 unspecified atom stereocenters. The number of carbonyl (C=O) groups is 3. The van der Waals surface area contributed by atoms with Gasteiger partial charge in [0.15, 0.2) is 15.6 Å². The van der Waals surface area contributed by atoms with E-state index >= 15 is 0 Å². The zero-order chi connectivity index (χ0) is 32.5. The molecule has 3 amide bonds. The fourth-order valence-electron chi connectivity index (χ4n) is 3.77. The van der Waals surface area contributed by atoms with Crippen molar-refractivity contribution in [3.05, 3.63) is 47.5 Å². The van der Waals surface area contributed by atoms with Crippen molar-refractivity contribution in [2.75, 3.05) is 35.2 Å². The van der Waals surface area contributed by atoms with Gasteiger partial charge in [-0.3, -0.25) is 14.4 Å². The molecule has 2 N–H and O–H groups in total. The van der Waals surface area contributed by atoms with Crippen LogP contribution in [0.4, 0.5) is 50.9 Å². The van der Waals surface area contributed by atoms with E-state index in [0.29, 0.717) is 0 Å². The highest BCUT2D eigenvalue weighted by Gasteiger charge is 2.73. The topological polar surface area (TPSA) is 122 Å². The van der Waals surface area contributed by atoms with Crippen molar-refractivity contribution in [2.24, 2.45) is 0 Å². The van der Waals surface area contributed by atoms with E-state index in [9.17, 15) is 62.3 Å². The Bertz CT molecular complexity index is 1500. The third-order valence-electron chi connectivity index (χ3n) is 5.92. The molecule has 236 valence electrons. The van der Waals surface area contributed by atoms with E-state index in [4.69, 9.17) is 0 Å². The van der Waals surface area contributed by atoms with Crippen LogP contribution >= 0.6 is 12.6 Å². The molecular formula is C23H18F9N3O6S2. The molecule has 0 saturated carbocycles. The van der Waals surface area contributed by atoms with Crippen molar-refractivity contribution in [2.45, 2.75) is 29.5 Å². The summed E-state index contributed by atoms with van der Waals surface area (Å²) in [5.41, 5.74) is -9.72. The van der Waals surface area contributed by atoms with Gasteiger partial charge in [0.25, 0.3) is 5.91 Å². The molecule has 3 rings (SSSR count). The van der Waals surface area contributed by atoms with Crippen molar-refractivity contribution < 1.29 is 67.1 Å². The molecule has 0 aliphatic carbocycles. The van der Waals surface area contributed by atoms with Crippen LogP contribution in [-0.2, 0) is 25.1 Å². The third-order valence-corrected chi connectivity index (χ3v) is 7.89. The van der Waals surface area contributed by atoms with E-state index < -0.39 is 74.1 Å². The molecule has 43 heavy (non-hydrogen) atoms. The molecule has 1 aliphatic rings. The molecule has 1 fully saturated rings. The van der Waals surface area contributed by atoms with Crippen molar-refractivity contribution in [3.63, 3.8) is 0 Å². The van der Waals surface area contributed by atoms with Gasteiger partial charge in [0.05, 0.1) is 17.2 Å². The van der Waals surface area contributed by atoms with Crippen LogP contribution in [0.5, 0.6) is 5.75 Å². The van der Waals surface area contributed by atoms with Gasteiger partial charge in [-0.2, -0.15) is 35.1 Å². The Hall–Kier alpha value is -3.68. The number of halogens is 9. The number of amides is 3. The molecule has 1 aliphatic heterocycles. The first-order valence-electron chi connectivity index (χ1n) is 11.5. The van der Waals surface area contributed by atoms with E-state index in [0.717, 1.165) is 17.0 Å². The largest absolute Gasteiger partial charge is 0.435 e. The normalized spacial score (nSPS) is 15.7. The summed E-state index contributed by atoms with van der Waals surface area (Å²) < 4.78 is 147. The second-order valence-electron chi connectivity index (χ2n) is 8.83. The minimum absolute atomic E-state index is 0.0773. The van der Waals surface area contributed by atoms with Crippen LogP contribution in [-0.4, -0.2) is 74.6 Å². The van der Waals surface area contributed by atoms with Gasteiger partial charge in [0.2, 0.25) is 0 Å². The van der Waals surface area contributed by atoms with Gasteiger partial charge < -0.3 is 20.3 Å². The van der Waals surface area contributed by atoms with E-state index in [1.54, 1.807) is 0 Å². The van der Waals surface area contributed by atoms with Gasteiger partial charge in [-0.25, -0.2) is 12.8 Å². The molecular weight excluding hydrogens is 649 g/mol. The minimum Gasteiger partial charge on any atom is -0.433 e. The summed E-state index contributed by atoms with van der Waals surface area (Å²) >= 11 is 3.64. The maximum Gasteiger partial charge on any atom is 0.435 e. The molecule has 0 spiro atoms. The summed E-state index contributed by atoms with van der Waals surface area (Å²) in [6.45, 7) is -4.32. The average molecular weight is 668 g/mol. The fraction of sp³-hybridized carbons (Fsp3) is 0.348. The van der Waals surface area contributed by atoms with Crippen LogP contribution in [0.3, 0.4) is 0 Å². The molecule has 9 nitrogen and oxygen atoms in total. The third kappa shape index (κ3) is 7.46. The number of benzene rings is 2. The Morgan fingerprint density at radius 3 is 2.02 bits per heavy atom. The number of hydrogen-bond donors (Lipinski definition) is 3. The Labute approximate surface area is 241 Å². The van der Waals surface area contributed by atoms with Crippen molar-refractivity contribution in [3.8, 4) is 5.75 Å². The number of hydrogen-bond acceptors (Lipinski definition) is 7. The molecule has 0 radical (unpaired) electrons. The lowest BCUT2D eigenvalue weighted by Crippen LogP contribution is -2.50. The predicted octanol–water partition coefficient (Wildman–Crippen LogP) is 4.31. The molecule has 2 aromatic carbocycles. The first-order chi connectivity index (χ1) is 19.7. The van der Waals surface area contributed by atoms with E-state index in [1.807, 2.05) is 5.32 Å². The minimum atomic E-state index is -6.59. The molecule has 1 heterocycles. The number of alkyl halides is 9. The number of thiol groups is 1. The number of ether oxygens (including phenoxy) is 1. The van der Waals surface area contributed by atoms with Gasteiger partial charge in [-0.05, 0) is 30.3 Å². The first kappa shape index (κ1) is 33.8. The van der Waals surface area contributed by atoms with E-state index in [1.165, 1.54) is 12.1 Å². The lowest BCUT2D eigenvalue weighted by atomic mass is 9.93. The summed E-state index contributed by atoms with van der Waals surface area (Å²) in [5, 5.41) is 4.08. The number of nitrogens with one attached hydrogen (secondary N) is 2. The molecule has 2 aromatic rings. The number of rotatable bonds is 6. The summed E-state index contributed by atoms with van der Waals surface area (Å²) in [6.07, 6.45) is -13.2. The van der Waals surface area contributed by atoms with Gasteiger partial charge in [0, 0.05) is 34.8 Å². The van der Waals surface area contributed by atoms with Crippen LogP contribution in [0.2, 0.25) is 0 Å². The van der Waals surface area contributed by atoms with Crippen molar-refractivity contribution >= 4 is 51.6 Å². The Morgan fingerprint density at radius 2 is 1.49 bits per heavy atom. The maximum atomic E-state index is 14.6. The smallest absolute Gasteiger partial charge is 0.433 e. The highest BCUT2D eigenvalue weighted by atomic mass is 32.2. The highest BCUT2D eigenvalue weighted by Crippen LogP contribution is 2.54. The zero-order valence-electron chi connectivity index (χ0n) is 21.0. The van der Waals surface area contributed by atoms with Crippen LogP contribution in [0.15, 0.2) is 41.3 Å². The fourth-order valence-corrected chi connectivity index (χ4v) is 5.28. The average Bonchev–Trinajstić information content (AvgIpc) is 2.88. The molecule has 1 saturated heterocycles. The predicted molar refractivity (Wildman–Crippen MR) is 133 cm³/mol. The van der Waals surface area contributed by atoms with Crippen LogP contribution in [0.25, 0.3) is 0 Å². The monoisotopic (exact) mass is 667 g/mol. The Morgan fingerprint density at radius 1 is 0.907 bits per heavy atom. The second kappa shape index (κ2) is 12.1. The van der Waals surface area contributed by atoms with E-state index in [2.05, 4.69) is 22.7 Å². The molecule has 0 atom stereocenters. The quantitative estimate of drug-likeness (QED) is 0.240. The van der Waals surface area contributed by atoms with Gasteiger partial charge in [-0.1, -0.05) is 6.07 Å². The number of nitrogens with zero attached hydrogens (tertiary/aromatic N) is 1. The highest BCUT2D eigenvalue weighted by molar-refractivity contribution is 7.91. The van der Waals surface area contributed by atoms with E-state index in [-0.39, 0.29) is 48.0 Å². The Balaban J connectivity index is 1.88. The maximum absolute atomic E-state index is 14.6. The SMILES string of the molecule is O=C(Nc1cccc(C(=O)Nc2c(S)cc(C(F)(C(F)(F)F)C(F)(F)F)cc2OC(F)F)c1)C(=O)N1CCS(=O)(=O)CC1.